The van der Waals surface area contributed by atoms with Crippen LogP contribution in [0.1, 0.15) is 16.0 Å². The first-order chi connectivity index (χ1) is 13.5. The number of carboxylic acid groups (broad SMARTS) is 1. The minimum absolute atomic E-state index is 0.0924. The normalized spacial score (nSPS) is 11.1. The van der Waals surface area contributed by atoms with Crippen molar-refractivity contribution in [1.82, 2.24) is 15.0 Å². The van der Waals surface area contributed by atoms with Crippen LogP contribution in [0.15, 0.2) is 48.9 Å². The number of halogens is 2. The molecule has 0 radical (unpaired) electrons. The highest BCUT2D eigenvalue weighted by Gasteiger charge is 2.19. The molecule has 0 aliphatic rings. The number of aromatic nitrogens is 3. The number of fused-ring (bicyclic) bond motifs is 1. The summed E-state index contributed by atoms with van der Waals surface area (Å²) < 4.78 is 13.1. The lowest BCUT2D eigenvalue weighted by atomic mass is 10.1. The molecule has 3 heterocycles. The fourth-order valence-electron chi connectivity index (χ4n) is 2.86. The van der Waals surface area contributed by atoms with Crippen molar-refractivity contribution in [2.75, 3.05) is 4.90 Å². The van der Waals surface area contributed by atoms with Gasteiger partial charge in [0, 0.05) is 35.3 Å². The number of benzene rings is 1. The second kappa shape index (κ2) is 7.57. The highest BCUT2D eigenvalue weighted by Crippen LogP contribution is 2.29. The lowest BCUT2D eigenvalue weighted by Gasteiger charge is -2.15. The van der Waals surface area contributed by atoms with Crippen molar-refractivity contribution >= 4 is 45.2 Å². The van der Waals surface area contributed by atoms with Gasteiger partial charge in [-0.05, 0) is 29.3 Å². The van der Waals surface area contributed by atoms with Gasteiger partial charge < -0.3 is 10.1 Å². The van der Waals surface area contributed by atoms with E-state index in [-0.39, 0.29) is 12.4 Å². The number of H-pyrrole nitrogens is 1. The predicted octanol–water partition coefficient (Wildman–Crippen LogP) is 5.09. The molecule has 0 saturated heterocycles. The van der Waals surface area contributed by atoms with Crippen LogP contribution in [0.4, 0.5) is 14.3 Å². The van der Waals surface area contributed by atoms with Gasteiger partial charge in [-0.3, -0.25) is 0 Å². The monoisotopic (exact) mass is 416 g/mol. The van der Waals surface area contributed by atoms with Gasteiger partial charge in [-0.15, -0.1) is 11.3 Å². The number of hydrogen-bond acceptors (Lipinski definition) is 4. The number of carbonyl (C=O) groups is 1. The average molecular weight is 417 g/mol. The Labute approximate surface area is 168 Å². The average Bonchev–Trinajstić information content (AvgIpc) is 3.28. The van der Waals surface area contributed by atoms with Crippen molar-refractivity contribution in [3.63, 3.8) is 0 Å². The Balaban J connectivity index is 1.56. The highest BCUT2D eigenvalue weighted by atomic mass is 35.5. The maximum Gasteiger partial charge on any atom is 0.413 e. The highest BCUT2D eigenvalue weighted by molar-refractivity contribution is 7.15. The third kappa shape index (κ3) is 3.83. The molecule has 4 aromatic rings. The van der Waals surface area contributed by atoms with E-state index in [0.717, 1.165) is 26.4 Å². The minimum atomic E-state index is -1.12. The standard InChI is InChI=1S/C19H14ClFN4O2S/c20-13-6-16-12(7-22-17(16)23-8-13)5-15-9-24-18(28-15)25(19(26)27)10-11-1-3-14(21)4-2-11/h1-4,6-9H,5,10H2,(H,22,23)(H,26,27). The molecule has 0 bridgehead atoms. The van der Waals surface area contributed by atoms with Crippen LogP contribution < -0.4 is 4.90 Å². The van der Waals surface area contributed by atoms with Gasteiger partial charge in [0.05, 0.1) is 11.6 Å². The Morgan fingerprint density at radius 1 is 1.25 bits per heavy atom. The number of hydrogen-bond donors (Lipinski definition) is 2. The van der Waals surface area contributed by atoms with Crippen LogP contribution in [-0.2, 0) is 13.0 Å². The molecule has 1 amide bonds. The van der Waals surface area contributed by atoms with Crippen molar-refractivity contribution in [2.45, 2.75) is 13.0 Å². The summed E-state index contributed by atoms with van der Waals surface area (Å²) in [6.07, 6.45) is 4.56. The van der Waals surface area contributed by atoms with Crippen LogP contribution in [0.3, 0.4) is 0 Å². The first-order valence-corrected chi connectivity index (χ1v) is 9.50. The zero-order chi connectivity index (χ0) is 19.7. The predicted molar refractivity (Wildman–Crippen MR) is 107 cm³/mol. The summed E-state index contributed by atoms with van der Waals surface area (Å²) in [5.74, 6) is -0.365. The van der Waals surface area contributed by atoms with Gasteiger partial charge in [-0.25, -0.2) is 24.1 Å². The Morgan fingerprint density at radius 3 is 2.79 bits per heavy atom. The number of nitrogens with zero attached hydrogens (tertiary/aromatic N) is 3. The molecule has 9 heteroatoms. The van der Waals surface area contributed by atoms with E-state index >= 15 is 0 Å². The van der Waals surface area contributed by atoms with Gasteiger partial charge in [-0.1, -0.05) is 23.7 Å². The van der Waals surface area contributed by atoms with E-state index in [2.05, 4.69) is 15.0 Å². The van der Waals surface area contributed by atoms with Crippen LogP contribution in [-0.4, -0.2) is 26.2 Å². The topological polar surface area (TPSA) is 82.1 Å². The van der Waals surface area contributed by atoms with E-state index in [4.69, 9.17) is 11.6 Å². The summed E-state index contributed by atoms with van der Waals surface area (Å²) in [6, 6.07) is 7.57. The van der Waals surface area contributed by atoms with Gasteiger partial charge in [0.1, 0.15) is 11.5 Å². The number of nitrogens with one attached hydrogen (secondary N) is 1. The van der Waals surface area contributed by atoms with Crippen molar-refractivity contribution < 1.29 is 14.3 Å². The largest absolute Gasteiger partial charge is 0.465 e. The number of rotatable bonds is 5. The molecule has 28 heavy (non-hydrogen) atoms. The van der Waals surface area contributed by atoms with Gasteiger partial charge in [0.25, 0.3) is 0 Å². The zero-order valence-electron chi connectivity index (χ0n) is 14.4. The molecule has 4 rings (SSSR count). The van der Waals surface area contributed by atoms with Gasteiger partial charge in [0.2, 0.25) is 0 Å². The number of thiazole rings is 1. The maximum atomic E-state index is 13.1. The van der Waals surface area contributed by atoms with Crippen LogP contribution >= 0.6 is 22.9 Å². The molecule has 0 aliphatic carbocycles. The van der Waals surface area contributed by atoms with E-state index in [9.17, 15) is 14.3 Å². The summed E-state index contributed by atoms with van der Waals surface area (Å²) in [6.45, 7) is 0.0924. The van der Waals surface area contributed by atoms with Crippen LogP contribution in [0, 0.1) is 5.82 Å². The van der Waals surface area contributed by atoms with Crippen molar-refractivity contribution in [2.24, 2.45) is 0 Å². The molecule has 0 saturated carbocycles. The van der Waals surface area contributed by atoms with Crippen LogP contribution in [0.5, 0.6) is 0 Å². The first kappa shape index (κ1) is 18.4. The SMILES string of the molecule is O=C(O)N(Cc1ccc(F)cc1)c1ncc(Cc2c[nH]c3ncc(Cl)cc23)s1. The van der Waals surface area contributed by atoms with Crippen molar-refractivity contribution in [3.05, 3.63) is 75.8 Å². The Bertz CT molecular complexity index is 1140. The second-order valence-corrected chi connectivity index (χ2v) is 7.67. The fourth-order valence-corrected chi connectivity index (χ4v) is 3.94. The summed E-state index contributed by atoms with van der Waals surface area (Å²) in [5.41, 5.74) is 2.42. The second-order valence-electron chi connectivity index (χ2n) is 6.14. The first-order valence-electron chi connectivity index (χ1n) is 8.31. The molecule has 0 spiro atoms. The molecule has 2 N–H and O–H groups in total. The zero-order valence-corrected chi connectivity index (χ0v) is 16.0. The summed E-state index contributed by atoms with van der Waals surface area (Å²) in [5, 5.41) is 11.4. The summed E-state index contributed by atoms with van der Waals surface area (Å²) >= 11 is 7.33. The number of amides is 1. The molecule has 0 fully saturated rings. The lowest BCUT2D eigenvalue weighted by molar-refractivity contribution is 0.201. The summed E-state index contributed by atoms with van der Waals surface area (Å²) in [7, 11) is 0. The Kier molecular flexibility index (Phi) is 4.97. The summed E-state index contributed by atoms with van der Waals surface area (Å²) in [4.78, 5) is 25.4. The van der Waals surface area contributed by atoms with Crippen LogP contribution in [0.2, 0.25) is 5.02 Å². The van der Waals surface area contributed by atoms with E-state index in [0.29, 0.717) is 22.1 Å². The quantitative estimate of drug-likeness (QED) is 0.475. The van der Waals surface area contributed by atoms with E-state index in [1.807, 2.05) is 12.3 Å². The maximum absolute atomic E-state index is 13.1. The van der Waals surface area contributed by atoms with E-state index < -0.39 is 6.09 Å². The van der Waals surface area contributed by atoms with Crippen molar-refractivity contribution in [1.29, 1.82) is 0 Å². The molecule has 0 unspecified atom stereocenters. The smallest absolute Gasteiger partial charge is 0.413 e. The third-order valence-corrected chi connectivity index (χ3v) is 5.43. The number of anilines is 1. The number of pyridine rings is 1. The van der Waals surface area contributed by atoms with Gasteiger partial charge in [0.15, 0.2) is 5.13 Å². The number of aromatic amines is 1. The molecule has 6 nitrogen and oxygen atoms in total. The molecular weight excluding hydrogens is 403 g/mol. The van der Waals surface area contributed by atoms with E-state index in [1.54, 1.807) is 24.5 Å². The third-order valence-electron chi connectivity index (χ3n) is 4.21. The molecule has 0 aliphatic heterocycles. The van der Waals surface area contributed by atoms with Crippen LogP contribution in [0.25, 0.3) is 11.0 Å². The lowest BCUT2D eigenvalue weighted by Crippen LogP contribution is -2.28. The van der Waals surface area contributed by atoms with Gasteiger partial charge in [-0.2, -0.15) is 0 Å². The van der Waals surface area contributed by atoms with Gasteiger partial charge >= 0.3 is 6.09 Å². The minimum Gasteiger partial charge on any atom is -0.465 e. The molecular formula is C19H14ClFN4O2S. The molecule has 3 aromatic heterocycles. The van der Waals surface area contributed by atoms with E-state index in [1.165, 1.54) is 23.5 Å². The molecule has 142 valence electrons. The molecule has 1 aromatic carbocycles. The Hall–Kier alpha value is -2.97. The van der Waals surface area contributed by atoms with Crippen molar-refractivity contribution in [3.8, 4) is 0 Å². The fraction of sp³-hybridized carbons (Fsp3) is 0.105. The molecule has 0 atom stereocenters. The Morgan fingerprint density at radius 2 is 2.04 bits per heavy atom.